The normalized spacial score (nSPS) is 22.6. The van der Waals surface area contributed by atoms with Crippen LogP contribution < -0.4 is 10.6 Å². The number of carbonyl (C=O) groups is 1. The minimum Gasteiger partial charge on any atom is -0.351 e. The van der Waals surface area contributed by atoms with Crippen LogP contribution in [-0.4, -0.2) is 40.8 Å². The van der Waals surface area contributed by atoms with E-state index in [1.54, 1.807) is 0 Å². The fourth-order valence-electron chi connectivity index (χ4n) is 2.32. The Morgan fingerprint density at radius 1 is 1.45 bits per heavy atom. The van der Waals surface area contributed by atoms with Crippen LogP contribution in [0.5, 0.6) is 0 Å². The molecule has 0 bridgehead atoms. The SMILES string of the molecule is Cc1cc(C)nc(SCC(=O)NC2CNCCC2C)n1. The van der Waals surface area contributed by atoms with E-state index in [9.17, 15) is 4.79 Å². The van der Waals surface area contributed by atoms with Crippen LogP contribution >= 0.6 is 11.8 Å². The molecule has 1 aromatic heterocycles. The number of nitrogens with one attached hydrogen (secondary N) is 2. The molecule has 20 heavy (non-hydrogen) atoms. The molecular weight excluding hydrogens is 272 g/mol. The lowest BCUT2D eigenvalue weighted by Crippen LogP contribution is -2.50. The zero-order valence-electron chi connectivity index (χ0n) is 12.3. The summed E-state index contributed by atoms with van der Waals surface area (Å²) in [5.74, 6) is 0.951. The minimum absolute atomic E-state index is 0.0540. The van der Waals surface area contributed by atoms with Gasteiger partial charge in [0.25, 0.3) is 0 Å². The van der Waals surface area contributed by atoms with Crippen LogP contribution in [0, 0.1) is 19.8 Å². The maximum Gasteiger partial charge on any atom is 0.230 e. The molecule has 110 valence electrons. The summed E-state index contributed by atoms with van der Waals surface area (Å²) in [5.41, 5.74) is 1.87. The van der Waals surface area contributed by atoms with Crippen molar-refractivity contribution in [3.63, 3.8) is 0 Å². The second-order valence-electron chi connectivity index (χ2n) is 5.37. The van der Waals surface area contributed by atoms with Crippen LogP contribution in [0.1, 0.15) is 24.7 Å². The first-order valence-electron chi connectivity index (χ1n) is 7.00. The van der Waals surface area contributed by atoms with E-state index in [1.165, 1.54) is 11.8 Å². The lowest BCUT2D eigenvalue weighted by Gasteiger charge is -2.30. The Bertz CT molecular complexity index is 460. The fraction of sp³-hybridized carbons (Fsp3) is 0.643. The molecule has 1 saturated heterocycles. The van der Waals surface area contributed by atoms with Gasteiger partial charge in [0.2, 0.25) is 5.91 Å². The highest BCUT2D eigenvalue weighted by molar-refractivity contribution is 7.99. The van der Waals surface area contributed by atoms with Gasteiger partial charge in [0, 0.05) is 24.0 Å². The molecule has 0 radical (unpaired) electrons. The molecule has 1 fully saturated rings. The zero-order chi connectivity index (χ0) is 14.5. The van der Waals surface area contributed by atoms with Crippen LogP contribution in [0.15, 0.2) is 11.2 Å². The third kappa shape index (κ3) is 4.45. The molecule has 2 rings (SSSR count). The van der Waals surface area contributed by atoms with E-state index in [4.69, 9.17) is 0 Å². The molecule has 0 spiro atoms. The van der Waals surface area contributed by atoms with E-state index in [0.717, 1.165) is 30.9 Å². The van der Waals surface area contributed by atoms with Crippen molar-refractivity contribution in [2.45, 2.75) is 38.4 Å². The lowest BCUT2D eigenvalue weighted by atomic mass is 9.95. The maximum atomic E-state index is 12.0. The van der Waals surface area contributed by atoms with Crippen molar-refractivity contribution < 1.29 is 4.79 Å². The van der Waals surface area contributed by atoms with E-state index < -0.39 is 0 Å². The monoisotopic (exact) mass is 294 g/mol. The molecule has 2 N–H and O–H groups in total. The number of piperidine rings is 1. The Morgan fingerprint density at radius 3 is 2.80 bits per heavy atom. The van der Waals surface area contributed by atoms with Gasteiger partial charge in [0.1, 0.15) is 0 Å². The molecule has 6 heteroatoms. The number of aromatic nitrogens is 2. The highest BCUT2D eigenvalue weighted by Gasteiger charge is 2.22. The third-order valence-electron chi connectivity index (χ3n) is 3.47. The number of hydrogen-bond donors (Lipinski definition) is 2. The van der Waals surface area contributed by atoms with Gasteiger partial charge in [-0.05, 0) is 38.8 Å². The zero-order valence-corrected chi connectivity index (χ0v) is 13.1. The Kier molecular flexibility index (Phi) is 5.37. The van der Waals surface area contributed by atoms with Crippen LogP contribution in [0.4, 0.5) is 0 Å². The van der Waals surface area contributed by atoms with E-state index in [1.807, 2.05) is 19.9 Å². The molecule has 5 nitrogen and oxygen atoms in total. The minimum atomic E-state index is 0.0540. The first-order valence-corrected chi connectivity index (χ1v) is 7.98. The smallest absolute Gasteiger partial charge is 0.230 e. The van der Waals surface area contributed by atoms with E-state index in [0.29, 0.717) is 16.8 Å². The average Bonchev–Trinajstić information content (AvgIpc) is 2.38. The molecule has 0 aliphatic carbocycles. The van der Waals surface area contributed by atoms with Crippen LogP contribution in [0.2, 0.25) is 0 Å². The first kappa shape index (κ1) is 15.3. The Balaban J connectivity index is 1.82. The topological polar surface area (TPSA) is 66.9 Å². The van der Waals surface area contributed by atoms with E-state index >= 15 is 0 Å². The number of hydrogen-bond acceptors (Lipinski definition) is 5. The second-order valence-corrected chi connectivity index (χ2v) is 6.31. The number of carbonyl (C=O) groups excluding carboxylic acids is 1. The summed E-state index contributed by atoms with van der Waals surface area (Å²) in [6.45, 7) is 7.96. The lowest BCUT2D eigenvalue weighted by molar-refractivity contribution is -0.119. The van der Waals surface area contributed by atoms with E-state index in [2.05, 4.69) is 27.5 Å². The van der Waals surface area contributed by atoms with Crippen molar-refractivity contribution in [1.29, 1.82) is 0 Å². The fourth-order valence-corrected chi connectivity index (χ4v) is 3.08. The summed E-state index contributed by atoms with van der Waals surface area (Å²) >= 11 is 1.39. The molecule has 2 heterocycles. The number of amides is 1. The summed E-state index contributed by atoms with van der Waals surface area (Å²) in [5, 5.41) is 7.08. The summed E-state index contributed by atoms with van der Waals surface area (Å²) in [6.07, 6.45) is 1.11. The van der Waals surface area contributed by atoms with Crippen molar-refractivity contribution in [2.24, 2.45) is 5.92 Å². The Morgan fingerprint density at radius 2 is 2.15 bits per heavy atom. The molecule has 2 atom stereocenters. The number of nitrogens with zero attached hydrogens (tertiary/aromatic N) is 2. The molecule has 1 aliphatic rings. The van der Waals surface area contributed by atoms with Crippen molar-refractivity contribution >= 4 is 17.7 Å². The van der Waals surface area contributed by atoms with Crippen molar-refractivity contribution in [3.8, 4) is 0 Å². The van der Waals surface area contributed by atoms with Gasteiger partial charge in [-0.2, -0.15) is 0 Å². The van der Waals surface area contributed by atoms with Gasteiger partial charge in [-0.1, -0.05) is 18.7 Å². The van der Waals surface area contributed by atoms with Gasteiger partial charge >= 0.3 is 0 Å². The van der Waals surface area contributed by atoms with Crippen LogP contribution in [-0.2, 0) is 4.79 Å². The van der Waals surface area contributed by atoms with Gasteiger partial charge in [0.05, 0.1) is 5.75 Å². The summed E-state index contributed by atoms with van der Waals surface area (Å²) in [7, 11) is 0. The number of thioether (sulfide) groups is 1. The Hall–Kier alpha value is -1.14. The van der Waals surface area contributed by atoms with Gasteiger partial charge in [-0.15, -0.1) is 0 Å². The van der Waals surface area contributed by atoms with E-state index in [-0.39, 0.29) is 11.9 Å². The van der Waals surface area contributed by atoms with Crippen molar-refractivity contribution in [3.05, 3.63) is 17.5 Å². The molecule has 1 aromatic rings. The van der Waals surface area contributed by atoms with Crippen LogP contribution in [0.25, 0.3) is 0 Å². The first-order chi connectivity index (χ1) is 9.54. The molecule has 0 saturated carbocycles. The number of aryl methyl sites for hydroxylation is 2. The van der Waals surface area contributed by atoms with Gasteiger partial charge < -0.3 is 10.6 Å². The van der Waals surface area contributed by atoms with Crippen LogP contribution in [0.3, 0.4) is 0 Å². The average molecular weight is 294 g/mol. The maximum absolute atomic E-state index is 12.0. The predicted octanol–water partition coefficient (Wildman–Crippen LogP) is 1.30. The van der Waals surface area contributed by atoms with Gasteiger partial charge in [-0.25, -0.2) is 9.97 Å². The second kappa shape index (κ2) is 7.04. The summed E-state index contributed by atoms with van der Waals surface area (Å²) in [6, 6.07) is 2.16. The Labute approximate surface area is 124 Å². The standard InChI is InChI=1S/C14H22N4OS/c1-9-4-5-15-7-12(9)18-13(19)8-20-14-16-10(2)6-11(3)17-14/h6,9,12,15H,4-5,7-8H2,1-3H3,(H,18,19). The van der Waals surface area contributed by atoms with Gasteiger partial charge in [-0.3, -0.25) is 4.79 Å². The largest absolute Gasteiger partial charge is 0.351 e. The highest BCUT2D eigenvalue weighted by atomic mass is 32.2. The predicted molar refractivity (Wildman–Crippen MR) is 80.8 cm³/mol. The molecular formula is C14H22N4OS. The van der Waals surface area contributed by atoms with Gasteiger partial charge in [0.15, 0.2) is 5.16 Å². The molecule has 1 amide bonds. The van der Waals surface area contributed by atoms with Crippen molar-refractivity contribution in [1.82, 2.24) is 20.6 Å². The summed E-state index contributed by atoms with van der Waals surface area (Å²) in [4.78, 5) is 20.6. The number of rotatable bonds is 4. The molecule has 1 aliphatic heterocycles. The van der Waals surface area contributed by atoms with Crippen molar-refractivity contribution in [2.75, 3.05) is 18.8 Å². The highest BCUT2D eigenvalue weighted by Crippen LogP contribution is 2.15. The molecule has 0 aromatic carbocycles. The third-order valence-corrected chi connectivity index (χ3v) is 4.32. The quantitative estimate of drug-likeness (QED) is 0.647. The molecule has 2 unspecified atom stereocenters. The summed E-state index contributed by atoms with van der Waals surface area (Å²) < 4.78 is 0.